The number of fused-ring (bicyclic) bond motifs is 1. The van der Waals surface area contributed by atoms with Crippen LogP contribution in [0.5, 0.6) is 0 Å². The van der Waals surface area contributed by atoms with Crippen molar-refractivity contribution in [2.24, 2.45) is 0 Å². The Kier molecular flexibility index (Phi) is 4.17. The molecule has 0 bridgehead atoms. The number of pyridine rings is 1. The minimum absolute atomic E-state index is 0.0818. The molecule has 0 radical (unpaired) electrons. The summed E-state index contributed by atoms with van der Waals surface area (Å²) in [7, 11) is 0. The van der Waals surface area contributed by atoms with E-state index in [-0.39, 0.29) is 17.5 Å². The van der Waals surface area contributed by atoms with E-state index in [0.717, 1.165) is 12.1 Å². The van der Waals surface area contributed by atoms with Gasteiger partial charge in [0.1, 0.15) is 0 Å². The van der Waals surface area contributed by atoms with E-state index in [4.69, 9.17) is 0 Å². The van der Waals surface area contributed by atoms with Crippen LogP contribution < -0.4 is 10.9 Å². The number of carbonyl (C=O) groups is 1. The predicted octanol–water partition coefficient (Wildman–Crippen LogP) is 3.30. The van der Waals surface area contributed by atoms with Gasteiger partial charge in [-0.3, -0.25) is 14.2 Å². The van der Waals surface area contributed by atoms with Crippen LogP contribution >= 0.6 is 0 Å². The summed E-state index contributed by atoms with van der Waals surface area (Å²) in [6.07, 6.45) is 2.58. The lowest BCUT2D eigenvalue weighted by Gasteiger charge is -2.18. The average Bonchev–Trinajstić information content (AvgIpc) is 2.98. The molecule has 0 unspecified atom stereocenters. The molecule has 130 valence electrons. The molecule has 0 aliphatic heterocycles. The number of nitrogens with one attached hydrogen (secondary N) is 1. The van der Waals surface area contributed by atoms with Gasteiger partial charge >= 0.3 is 0 Å². The largest absolute Gasteiger partial charge is 0.348 e. The van der Waals surface area contributed by atoms with Crippen LogP contribution in [0.15, 0.2) is 77.7 Å². The molecule has 1 N–H and O–H groups in total. The van der Waals surface area contributed by atoms with Crippen LogP contribution in [-0.2, 0) is 6.42 Å². The highest BCUT2D eigenvalue weighted by Crippen LogP contribution is 2.32. The lowest BCUT2D eigenvalue weighted by molar-refractivity contribution is 0.0934. The SMILES string of the molecule is C[C@@H]1c2ccccc2C[C@@H]1NC(=O)c1ccc(-n2ccccc2=O)cc1. The van der Waals surface area contributed by atoms with Crippen LogP contribution in [0.2, 0.25) is 0 Å². The number of carbonyl (C=O) groups excluding carboxylic acids is 1. The van der Waals surface area contributed by atoms with Crippen LogP contribution in [0.4, 0.5) is 0 Å². The fourth-order valence-corrected chi connectivity index (χ4v) is 3.64. The first-order valence-corrected chi connectivity index (χ1v) is 8.80. The molecule has 0 spiro atoms. The molecule has 0 saturated heterocycles. The van der Waals surface area contributed by atoms with Crippen molar-refractivity contribution < 1.29 is 4.79 Å². The molecule has 3 aromatic rings. The van der Waals surface area contributed by atoms with Gasteiger partial charge in [0.15, 0.2) is 0 Å². The van der Waals surface area contributed by atoms with Gasteiger partial charge in [-0.15, -0.1) is 0 Å². The molecule has 1 amide bonds. The minimum Gasteiger partial charge on any atom is -0.348 e. The van der Waals surface area contributed by atoms with Gasteiger partial charge in [-0.25, -0.2) is 0 Å². The molecule has 2 aromatic carbocycles. The Balaban J connectivity index is 1.50. The first-order chi connectivity index (χ1) is 12.6. The second kappa shape index (κ2) is 6.64. The standard InChI is InChI=1S/C22H20N2O2/c1-15-19-7-3-2-6-17(19)14-20(15)23-22(26)16-9-11-18(12-10-16)24-13-5-4-8-21(24)25/h2-13,15,20H,14H2,1H3,(H,23,26)/t15-,20+/m1/s1. The molecule has 4 nitrogen and oxygen atoms in total. The molecule has 26 heavy (non-hydrogen) atoms. The Labute approximate surface area is 152 Å². The molecule has 1 aromatic heterocycles. The lowest BCUT2D eigenvalue weighted by Crippen LogP contribution is -2.37. The number of hydrogen-bond acceptors (Lipinski definition) is 2. The Hall–Kier alpha value is -3.14. The topological polar surface area (TPSA) is 51.1 Å². The van der Waals surface area contributed by atoms with Crippen molar-refractivity contribution in [3.8, 4) is 5.69 Å². The van der Waals surface area contributed by atoms with Crippen LogP contribution in [0.3, 0.4) is 0 Å². The van der Waals surface area contributed by atoms with Crippen molar-refractivity contribution in [2.75, 3.05) is 0 Å². The van der Waals surface area contributed by atoms with Gasteiger partial charge in [-0.2, -0.15) is 0 Å². The van der Waals surface area contributed by atoms with Gasteiger partial charge in [0.2, 0.25) is 0 Å². The maximum Gasteiger partial charge on any atom is 0.255 e. The Bertz CT molecular complexity index is 1000. The number of benzene rings is 2. The number of rotatable bonds is 3. The minimum atomic E-state index is -0.0951. The maximum atomic E-state index is 12.6. The van der Waals surface area contributed by atoms with E-state index < -0.39 is 0 Å². The second-order valence-electron chi connectivity index (χ2n) is 6.73. The van der Waals surface area contributed by atoms with Gasteiger partial charge in [-0.05, 0) is 47.9 Å². The van der Waals surface area contributed by atoms with Crippen LogP contribution in [0, 0.1) is 0 Å². The zero-order valence-corrected chi connectivity index (χ0v) is 14.6. The van der Waals surface area contributed by atoms with Gasteiger partial charge < -0.3 is 5.32 Å². The van der Waals surface area contributed by atoms with Crippen LogP contribution in [0.1, 0.15) is 34.3 Å². The van der Waals surface area contributed by atoms with Crippen molar-refractivity contribution in [3.05, 3.63) is 100.0 Å². The first kappa shape index (κ1) is 16.3. The van der Waals surface area contributed by atoms with Crippen LogP contribution in [-0.4, -0.2) is 16.5 Å². The summed E-state index contributed by atoms with van der Waals surface area (Å²) >= 11 is 0. The molecule has 0 saturated carbocycles. The van der Waals surface area contributed by atoms with E-state index in [1.54, 1.807) is 47.2 Å². The van der Waals surface area contributed by atoms with Crippen molar-refractivity contribution in [3.63, 3.8) is 0 Å². The summed E-state index contributed by atoms with van der Waals surface area (Å²) in [5, 5.41) is 3.16. The Morgan fingerprint density at radius 3 is 2.46 bits per heavy atom. The van der Waals surface area contributed by atoms with E-state index in [1.807, 2.05) is 12.1 Å². The highest BCUT2D eigenvalue weighted by Gasteiger charge is 2.29. The summed E-state index contributed by atoms with van der Waals surface area (Å²) in [5.41, 5.74) is 3.87. The van der Waals surface area contributed by atoms with Gasteiger partial charge in [-0.1, -0.05) is 37.3 Å². The summed E-state index contributed by atoms with van der Waals surface area (Å²) in [5.74, 6) is 0.221. The predicted molar refractivity (Wildman–Crippen MR) is 102 cm³/mol. The smallest absolute Gasteiger partial charge is 0.255 e. The molecule has 0 fully saturated rings. The third-order valence-corrected chi connectivity index (χ3v) is 5.14. The molecule has 2 atom stereocenters. The summed E-state index contributed by atoms with van der Waals surface area (Å²) in [4.78, 5) is 24.5. The van der Waals surface area contributed by atoms with E-state index in [2.05, 4.69) is 24.4 Å². The highest BCUT2D eigenvalue weighted by molar-refractivity contribution is 5.94. The molecular weight excluding hydrogens is 324 g/mol. The van der Waals surface area contributed by atoms with E-state index in [1.165, 1.54) is 17.2 Å². The van der Waals surface area contributed by atoms with E-state index >= 15 is 0 Å². The number of nitrogens with zero attached hydrogens (tertiary/aromatic N) is 1. The third kappa shape index (κ3) is 2.94. The zero-order chi connectivity index (χ0) is 18.1. The summed E-state index contributed by atoms with van der Waals surface area (Å²) in [6.45, 7) is 2.15. The Morgan fingerprint density at radius 2 is 1.73 bits per heavy atom. The molecule has 4 heteroatoms. The molecule has 4 rings (SSSR count). The quantitative estimate of drug-likeness (QED) is 0.793. The fourth-order valence-electron chi connectivity index (χ4n) is 3.64. The number of aromatic nitrogens is 1. The maximum absolute atomic E-state index is 12.6. The normalized spacial score (nSPS) is 18.3. The van der Waals surface area contributed by atoms with Crippen molar-refractivity contribution in [2.45, 2.75) is 25.3 Å². The Morgan fingerprint density at radius 1 is 1.00 bits per heavy atom. The highest BCUT2D eigenvalue weighted by atomic mass is 16.1. The average molecular weight is 344 g/mol. The third-order valence-electron chi connectivity index (χ3n) is 5.14. The molecule has 1 aliphatic carbocycles. The molecule has 1 aliphatic rings. The van der Waals surface area contributed by atoms with Crippen molar-refractivity contribution in [1.29, 1.82) is 0 Å². The number of amides is 1. The second-order valence-corrected chi connectivity index (χ2v) is 6.73. The van der Waals surface area contributed by atoms with E-state index in [9.17, 15) is 9.59 Å². The van der Waals surface area contributed by atoms with Gasteiger partial charge in [0, 0.05) is 35.5 Å². The van der Waals surface area contributed by atoms with E-state index in [0.29, 0.717) is 11.5 Å². The zero-order valence-electron chi connectivity index (χ0n) is 14.6. The lowest BCUT2D eigenvalue weighted by atomic mass is 10.0. The monoisotopic (exact) mass is 344 g/mol. The molecular formula is C22H20N2O2. The summed E-state index contributed by atoms with van der Waals surface area (Å²) in [6, 6.07) is 20.6. The van der Waals surface area contributed by atoms with Crippen LogP contribution in [0.25, 0.3) is 5.69 Å². The summed E-state index contributed by atoms with van der Waals surface area (Å²) < 4.78 is 1.55. The fraction of sp³-hybridized carbons (Fsp3) is 0.182. The first-order valence-electron chi connectivity index (χ1n) is 8.80. The number of hydrogen-bond donors (Lipinski definition) is 1. The van der Waals surface area contributed by atoms with Crippen molar-refractivity contribution >= 4 is 5.91 Å². The van der Waals surface area contributed by atoms with Gasteiger partial charge in [0.25, 0.3) is 11.5 Å². The van der Waals surface area contributed by atoms with Crippen molar-refractivity contribution in [1.82, 2.24) is 9.88 Å². The molecule has 1 heterocycles. The van der Waals surface area contributed by atoms with Gasteiger partial charge in [0.05, 0.1) is 0 Å².